The maximum Gasteiger partial charge on any atom is 0.283 e. The third-order valence-corrected chi connectivity index (χ3v) is 2.71. The molecule has 19 heavy (non-hydrogen) atoms. The largest absolute Gasteiger partial charge is 0.283 e. The second kappa shape index (κ2) is 4.13. The van der Waals surface area contributed by atoms with Gasteiger partial charge < -0.3 is 0 Å². The quantitative estimate of drug-likeness (QED) is 0.522. The Hall–Kier alpha value is -2.83. The van der Waals surface area contributed by atoms with E-state index < -0.39 is 10.9 Å². The molecule has 2 heterocycles. The number of nitro groups is 1. The van der Waals surface area contributed by atoms with Gasteiger partial charge in [0.1, 0.15) is 5.39 Å². The second-order valence-corrected chi connectivity index (χ2v) is 3.82. The first-order valence-corrected chi connectivity index (χ1v) is 5.41. The fraction of sp³-hybridized carbons (Fsp3) is 0. The van der Waals surface area contributed by atoms with E-state index >= 15 is 0 Å². The SMILES string of the molecule is O=[N+]([O-])c1cccc2c1c(F)nn2-c1ccccn1. The van der Waals surface area contributed by atoms with Crippen molar-refractivity contribution in [2.75, 3.05) is 0 Å². The van der Waals surface area contributed by atoms with Crippen molar-refractivity contribution in [3.63, 3.8) is 0 Å². The molecule has 7 heteroatoms. The zero-order valence-corrected chi connectivity index (χ0v) is 9.52. The maximum absolute atomic E-state index is 13.8. The van der Waals surface area contributed by atoms with Gasteiger partial charge in [0.25, 0.3) is 5.69 Å². The number of benzene rings is 1. The van der Waals surface area contributed by atoms with Crippen LogP contribution in [0, 0.1) is 16.1 Å². The van der Waals surface area contributed by atoms with Crippen LogP contribution in [0.5, 0.6) is 0 Å². The smallest absolute Gasteiger partial charge is 0.258 e. The van der Waals surface area contributed by atoms with E-state index in [4.69, 9.17) is 0 Å². The molecule has 0 atom stereocenters. The summed E-state index contributed by atoms with van der Waals surface area (Å²) in [5.74, 6) is -0.482. The number of nitro benzene ring substituents is 1. The van der Waals surface area contributed by atoms with Gasteiger partial charge in [-0.3, -0.25) is 10.1 Å². The summed E-state index contributed by atoms with van der Waals surface area (Å²) < 4.78 is 15.1. The van der Waals surface area contributed by atoms with Crippen molar-refractivity contribution in [1.82, 2.24) is 14.8 Å². The van der Waals surface area contributed by atoms with Crippen LogP contribution in [0.2, 0.25) is 0 Å². The number of pyridine rings is 1. The first kappa shape index (κ1) is 11.3. The molecule has 0 aliphatic heterocycles. The highest BCUT2D eigenvalue weighted by atomic mass is 19.1. The number of non-ortho nitro benzene ring substituents is 1. The first-order valence-electron chi connectivity index (χ1n) is 5.41. The Balaban J connectivity index is 2.35. The van der Waals surface area contributed by atoms with Gasteiger partial charge in [-0.2, -0.15) is 4.39 Å². The van der Waals surface area contributed by atoms with Crippen molar-refractivity contribution < 1.29 is 9.31 Å². The summed E-state index contributed by atoms with van der Waals surface area (Å²) in [4.78, 5) is 14.3. The van der Waals surface area contributed by atoms with Crippen LogP contribution in [-0.2, 0) is 0 Å². The van der Waals surface area contributed by atoms with Gasteiger partial charge in [-0.25, -0.2) is 9.67 Å². The molecule has 3 aromatic rings. The average Bonchev–Trinajstić information content (AvgIpc) is 2.77. The van der Waals surface area contributed by atoms with E-state index in [9.17, 15) is 14.5 Å². The molecule has 0 fully saturated rings. The minimum absolute atomic E-state index is 0.113. The number of halogens is 1. The average molecular weight is 258 g/mol. The number of fused-ring (bicyclic) bond motifs is 1. The van der Waals surface area contributed by atoms with Gasteiger partial charge in [0.15, 0.2) is 5.82 Å². The lowest BCUT2D eigenvalue weighted by atomic mass is 10.2. The van der Waals surface area contributed by atoms with Gasteiger partial charge in [0, 0.05) is 12.3 Å². The molecule has 0 bridgehead atoms. The van der Waals surface area contributed by atoms with Crippen LogP contribution in [-0.4, -0.2) is 19.7 Å². The number of aromatic nitrogens is 3. The molecule has 94 valence electrons. The molecular weight excluding hydrogens is 251 g/mol. The number of rotatable bonds is 2. The molecule has 0 N–H and O–H groups in total. The van der Waals surface area contributed by atoms with Crippen LogP contribution in [0.25, 0.3) is 16.7 Å². The molecule has 0 aliphatic rings. The van der Waals surface area contributed by atoms with Crippen molar-refractivity contribution in [2.24, 2.45) is 0 Å². The minimum atomic E-state index is -0.882. The predicted molar refractivity (Wildman–Crippen MR) is 65.5 cm³/mol. The van der Waals surface area contributed by atoms with Crippen LogP contribution in [0.15, 0.2) is 42.6 Å². The predicted octanol–water partition coefficient (Wildman–Crippen LogP) is 2.47. The van der Waals surface area contributed by atoms with Gasteiger partial charge in [-0.1, -0.05) is 12.1 Å². The molecule has 0 unspecified atom stereocenters. The molecule has 2 aromatic heterocycles. The van der Waals surface area contributed by atoms with E-state index in [1.54, 1.807) is 24.3 Å². The monoisotopic (exact) mass is 258 g/mol. The summed E-state index contributed by atoms with van der Waals surface area (Å²) in [6, 6.07) is 9.38. The molecule has 3 rings (SSSR count). The van der Waals surface area contributed by atoms with E-state index in [1.807, 2.05) is 0 Å². The van der Waals surface area contributed by atoms with Crippen LogP contribution in [0.3, 0.4) is 0 Å². The Morgan fingerprint density at radius 1 is 1.21 bits per heavy atom. The minimum Gasteiger partial charge on any atom is -0.258 e. The van der Waals surface area contributed by atoms with Crippen LogP contribution in [0.1, 0.15) is 0 Å². The van der Waals surface area contributed by atoms with Crippen LogP contribution < -0.4 is 0 Å². The molecule has 0 radical (unpaired) electrons. The Morgan fingerprint density at radius 3 is 2.74 bits per heavy atom. The van der Waals surface area contributed by atoms with Crippen molar-refractivity contribution in [3.8, 4) is 5.82 Å². The Bertz CT molecular complexity index is 770. The summed E-state index contributed by atoms with van der Waals surface area (Å²) in [5.41, 5.74) is 0.00239. The third kappa shape index (κ3) is 1.71. The van der Waals surface area contributed by atoms with Crippen LogP contribution >= 0.6 is 0 Å². The van der Waals surface area contributed by atoms with E-state index in [0.29, 0.717) is 11.3 Å². The van der Waals surface area contributed by atoms with E-state index in [-0.39, 0.29) is 11.1 Å². The lowest BCUT2D eigenvalue weighted by Gasteiger charge is -2.00. The number of hydrogen-bond donors (Lipinski definition) is 0. The topological polar surface area (TPSA) is 73.8 Å². The lowest BCUT2D eigenvalue weighted by Crippen LogP contribution is -1.98. The molecule has 0 aliphatic carbocycles. The highest BCUT2D eigenvalue weighted by molar-refractivity contribution is 5.89. The maximum atomic E-state index is 13.8. The van der Waals surface area contributed by atoms with Crippen LogP contribution in [0.4, 0.5) is 10.1 Å². The van der Waals surface area contributed by atoms with E-state index in [0.717, 1.165) is 0 Å². The van der Waals surface area contributed by atoms with Crippen molar-refractivity contribution >= 4 is 16.6 Å². The summed E-state index contributed by atoms with van der Waals surface area (Å²) in [6.45, 7) is 0. The highest BCUT2D eigenvalue weighted by Crippen LogP contribution is 2.28. The van der Waals surface area contributed by atoms with Gasteiger partial charge >= 0.3 is 0 Å². The van der Waals surface area contributed by atoms with Crippen molar-refractivity contribution in [1.29, 1.82) is 0 Å². The fourth-order valence-electron chi connectivity index (χ4n) is 1.91. The first-order chi connectivity index (χ1) is 9.18. The van der Waals surface area contributed by atoms with Crippen molar-refractivity contribution in [2.45, 2.75) is 0 Å². The highest BCUT2D eigenvalue weighted by Gasteiger charge is 2.21. The molecule has 0 amide bonds. The molecular formula is C12H7FN4O2. The molecule has 0 saturated carbocycles. The number of hydrogen-bond acceptors (Lipinski definition) is 4. The van der Waals surface area contributed by atoms with Gasteiger partial charge in [-0.05, 0) is 18.2 Å². The van der Waals surface area contributed by atoms with Gasteiger partial charge in [0.2, 0.25) is 5.95 Å². The normalized spacial score (nSPS) is 10.8. The Labute approximate surface area is 106 Å². The second-order valence-electron chi connectivity index (χ2n) is 3.82. The zero-order valence-electron chi connectivity index (χ0n) is 9.52. The molecule has 0 spiro atoms. The van der Waals surface area contributed by atoms with Crippen molar-refractivity contribution in [3.05, 3.63) is 58.7 Å². The summed E-state index contributed by atoms with van der Waals surface area (Å²) in [6.07, 6.45) is 1.54. The summed E-state index contributed by atoms with van der Waals surface area (Å²) >= 11 is 0. The van der Waals surface area contributed by atoms with Gasteiger partial charge in [-0.15, -0.1) is 5.10 Å². The Kier molecular flexibility index (Phi) is 2.45. The molecule has 6 nitrogen and oxygen atoms in total. The molecule has 1 aromatic carbocycles. The summed E-state index contributed by atoms with van der Waals surface area (Å²) in [7, 11) is 0. The van der Waals surface area contributed by atoms with E-state index in [1.165, 1.54) is 23.0 Å². The lowest BCUT2D eigenvalue weighted by molar-refractivity contribution is -0.383. The number of nitrogens with zero attached hydrogens (tertiary/aromatic N) is 4. The zero-order chi connectivity index (χ0) is 13.4. The third-order valence-electron chi connectivity index (χ3n) is 2.71. The fourth-order valence-corrected chi connectivity index (χ4v) is 1.91. The summed E-state index contributed by atoms with van der Waals surface area (Å²) in [5, 5.41) is 14.5. The Morgan fingerprint density at radius 2 is 2.05 bits per heavy atom. The van der Waals surface area contributed by atoms with Gasteiger partial charge in [0.05, 0.1) is 10.4 Å². The van der Waals surface area contributed by atoms with E-state index in [2.05, 4.69) is 10.1 Å². The molecule has 0 saturated heterocycles. The standard InChI is InChI=1S/C12H7FN4O2/c13-12-11-8(4-3-5-9(11)17(18)19)16(15-12)10-6-1-2-7-14-10/h1-7H.